The molecule has 1 aromatic heterocycles. The van der Waals surface area contributed by atoms with Gasteiger partial charge in [-0.3, -0.25) is 4.99 Å². The average molecular weight is 345 g/mol. The first kappa shape index (κ1) is 17.2. The van der Waals surface area contributed by atoms with E-state index in [0.717, 1.165) is 19.5 Å². The zero-order chi connectivity index (χ0) is 16.2. The van der Waals surface area contributed by atoms with E-state index in [9.17, 15) is 8.42 Å². The van der Waals surface area contributed by atoms with Crippen molar-refractivity contribution >= 4 is 27.3 Å². The molecule has 1 atom stereocenters. The molecule has 1 saturated heterocycles. The lowest BCUT2D eigenvalue weighted by Gasteiger charge is -2.20. The summed E-state index contributed by atoms with van der Waals surface area (Å²) in [6.07, 6.45) is 0.833. The first-order valence-electron chi connectivity index (χ1n) is 7.57. The first-order chi connectivity index (χ1) is 10.5. The molecule has 2 heterocycles. The summed E-state index contributed by atoms with van der Waals surface area (Å²) in [7, 11) is -3.33. The number of hydrogen-bond acceptors (Lipinski definition) is 4. The quantitative estimate of drug-likeness (QED) is 0.625. The third-order valence-corrected chi connectivity index (χ3v) is 7.17. The van der Waals surface area contributed by atoms with Gasteiger partial charge in [-0.15, -0.1) is 11.3 Å². The van der Waals surface area contributed by atoms with Gasteiger partial charge in [0.2, 0.25) is 0 Å². The number of nitrogens with two attached hydrogens (primary N) is 1. The highest BCUT2D eigenvalue weighted by molar-refractivity contribution is 7.91. The molecule has 0 aromatic carbocycles. The minimum absolute atomic E-state index is 0.240. The molecule has 0 spiro atoms. The van der Waals surface area contributed by atoms with Gasteiger partial charge in [0.05, 0.1) is 0 Å². The van der Waals surface area contributed by atoms with E-state index < -0.39 is 10.0 Å². The third kappa shape index (κ3) is 3.80. The van der Waals surface area contributed by atoms with Crippen LogP contribution in [0.25, 0.3) is 0 Å². The van der Waals surface area contributed by atoms with Crippen molar-refractivity contribution in [1.82, 2.24) is 9.21 Å². The summed E-state index contributed by atoms with van der Waals surface area (Å²) in [6.45, 7) is 7.40. The predicted molar refractivity (Wildman–Crippen MR) is 90.6 cm³/mol. The zero-order valence-corrected chi connectivity index (χ0v) is 14.7. The molecule has 0 radical (unpaired) electrons. The SMILES string of the molecule is CCN(CC)C(N)=NCC1CCN(S(=O)(=O)c2cccs2)C1. The van der Waals surface area contributed by atoms with Crippen LogP contribution in [-0.4, -0.2) is 56.3 Å². The molecule has 0 saturated carbocycles. The Morgan fingerprint density at radius 3 is 2.82 bits per heavy atom. The van der Waals surface area contributed by atoms with Crippen molar-refractivity contribution in [3.63, 3.8) is 0 Å². The van der Waals surface area contributed by atoms with Gasteiger partial charge in [0.1, 0.15) is 4.21 Å². The van der Waals surface area contributed by atoms with Crippen molar-refractivity contribution in [2.75, 3.05) is 32.7 Å². The first-order valence-corrected chi connectivity index (χ1v) is 9.89. The Morgan fingerprint density at radius 1 is 1.50 bits per heavy atom. The molecule has 8 heteroatoms. The van der Waals surface area contributed by atoms with Crippen LogP contribution in [0.15, 0.2) is 26.7 Å². The fourth-order valence-corrected chi connectivity index (χ4v) is 5.25. The standard InChI is InChI=1S/C14H24N4O2S2/c1-3-17(4-2)14(15)16-10-12-7-8-18(11-12)22(19,20)13-6-5-9-21-13/h5-6,9,12H,3-4,7-8,10-11H2,1-2H3,(H2,15,16). The number of sulfonamides is 1. The normalized spacial score (nSPS) is 20.5. The highest BCUT2D eigenvalue weighted by atomic mass is 32.2. The molecule has 0 bridgehead atoms. The number of aliphatic imine (C=N–C) groups is 1. The van der Waals surface area contributed by atoms with Crippen LogP contribution in [0, 0.1) is 5.92 Å². The fraction of sp³-hybridized carbons (Fsp3) is 0.643. The predicted octanol–water partition coefficient (Wildman–Crippen LogP) is 1.42. The fourth-order valence-electron chi connectivity index (χ4n) is 2.57. The van der Waals surface area contributed by atoms with Gasteiger partial charge in [0.15, 0.2) is 5.96 Å². The summed E-state index contributed by atoms with van der Waals surface area (Å²) in [5.41, 5.74) is 5.96. The van der Waals surface area contributed by atoms with Crippen LogP contribution in [-0.2, 0) is 10.0 Å². The van der Waals surface area contributed by atoms with Gasteiger partial charge < -0.3 is 10.6 Å². The van der Waals surface area contributed by atoms with E-state index >= 15 is 0 Å². The molecular formula is C14H24N4O2S2. The van der Waals surface area contributed by atoms with E-state index in [1.165, 1.54) is 11.3 Å². The number of guanidine groups is 1. The molecule has 1 aliphatic rings. The summed E-state index contributed by atoms with van der Waals surface area (Å²) >= 11 is 1.26. The molecule has 0 aliphatic carbocycles. The van der Waals surface area contributed by atoms with Crippen LogP contribution < -0.4 is 5.73 Å². The number of hydrogen-bond donors (Lipinski definition) is 1. The molecule has 22 heavy (non-hydrogen) atoms. The van der Waals surface area contributed by atoms with Gasteiger partial charge in [0.25, 0.3) is 10.0 Å². The molecule has 1 aromatic rings. The largest absolute Gasteiger partial charge is 0.370 e. The van der Waals surface area contributed by atoms with Crippen molar-refractivity contribution in [2.45, 2.75) is 24.5 Å². The summed E-state index contributed by atoms with van der Waals surface area (Å²) in [5.74, 6) is 0.786. The minimum Gasteiger partial charge on any atom is -0.370 e. The van der Waals surface area contributed by atoms with Gasteiger partial charge in [-0.2, -0.15) is 4.31 Å². The van der Waals surface area contributed by atoms with E-state index in [2.05, 4.69) is 4.99 Å². The lowest BCUT2D eigenvalue weighted by molar-refractivity contribution is 0.448. The van der Waals surface area contributed by atoms with E-state index in [0.29, 0.717) is 29.8 Å². The molecule has 124 valence electrons. The lowest BCUT2D eigenvalue weighted by atomic mass is 10.1. The van der Waals surface area contributed by atoms with Crippen molar-refractivity contribution < 1.29 is 8.42 Å². The molecule has 1 unspecified atom stereocenters. The zero-order valence-electron chi connectivity index (χ0n) is 13.1. The minimum atomic E-state index is -3.33. The topological polar surface area (TPSA) is 79.0 Å². The van der Waals surface area contributed by atoms with Crippen molar-refractivity contribution in [1.29, 1.82) is 0 Å². The average Bonchev–Trinajstić information content (AvgIpc) is 3.18. The van der Waals surface area contributed by atoms with Crippen LogP contribution >= 0.6 is 11.3 Å². The Balaban J connectivity index is 1.95. The second-order valence-corrected chi connectivity index (χ2v) is 8.43. The maximum atomic E-state index is 12.4. The van der Waals surface area contributed by atoms with Crippen LogP contribution in [0.4, 0.5) is 0 Å². The Hall–Kier alpha value is -1.12. The molecule has 1 aliphatic heterocycles. The van der Waals surface area contributed by atoms with Crippen LogP contribution in [0.3, 0.4) is 0 Å². The summed E-state index contributed by atoms with van der Waals surface area (Å²) in [6, 6.07) is 3.42. The second-order valence-electron chi connectivity index (χ2n) is 5.32. The maximum Gasteiger partial charge on any atom is 0.252 e. The Bertz CT molecular complexity index is 594. The van der Waals surface area contributed by atoms with Crippen molar-refractivity contribution in [3.8, 4) is 0 Å². The molecule has 2 N–H and O–H groups in total. The van der Waals surface area contributed by atoms with Crippen molar-refractivity contribution in [2.24, 2.45) is 16.6 Å². The highest BCUT2D eigenvalue weighted by Crippen LogP contribution is 2.26. The summed E-state index contributed by atoms with van der Waals surface area (Å²) < 4.78 is 26.9. The Kier molecular flexibility index (Phi) is 5.82. The van der Waals surface area contributed by atoms with Gasteiger partial charge >= 0.3 is 0 Å². The molecule has 0 amide bonds. The molecule has 1 fully saturated rings. The molecular weight excluding hydrogens is 320 g/mol. The van der Waals surface area contributed by atoms with E-state index in [1.54, 1.807) is 21.8 Å². The van der Waals surface area contributed by atoms with Gasteiger partial charge in [-0.25, -0.2) is 8.42 Å². The van der Waals surface area contributed by atoms with E-state index in [1.807, 2.05) is 18.7 Å². The van der Waals surface area contributed by atoms with Crippen molar-refractivity contribution in [3.05, 3.63) is 17.5 Å². The maximum absolute atomic E-state index is 12.4. The van der Waals surface area contributed by atoms with E-state index in [4.69, 9.17) is 5.73 Å². The lowest BCUT2D eigenvalue weighted by Crippen LogP contribution is -2.37. The summed E-state index contributed by atoms with van der Waals surface area (Å²) in [5, 5.41) is 1.79. The van der Waals surface area contributed by atoms with E-state index in [-0.39, 0.29) is 5.92 Å². The smallest absolute Gasteiger partial charge is 0.252 e. The third-order valence-electron chi connectivity index (χ3n) is 3.94. The second kappa shape index (κ2) is 7.43. The highest BCUT2D eigenvalue weighted by Gasteiger charge is 2.32. The molecule has 6 nitrogen and oxygen atoms in total. The number of nitrogens with zero attached hydrogens (tertiary/aromatic N) is 3. The monoisotopic (exact) mass is 344 g/mol. The van der Waals surface area contributed by atoms with Crippen LogP contribution in [0.1, 0.15) is 20.3 Å². The Morgan fingerprint density at radius 2 is 2.23 bits per heavy atom. The van der Waals surface area contributed by atoms with Crippen LogP contribution in [0.2, 0.25) is 0 Å². The van der Waals surface area contributed by atoms with Gasteiger partial charge in [0, 0.05) is 32.7 Å². The molecule has 2 rings (SSSR count). The van der Waals surface area contributed by atoms with Crippen LogP contribution in [0.5, 0.6) is 0 Å². The van der Waals surface area contributed by atoms with Gasteiger partial charge in [-0.1, -0.05) is 6.07 Å². The Labute approximate surface area is 136 Å². The van der Waals surface area contributed by atoms with Gasteiger partial charge in [-0.05, 0) is 37.6 Å². The number of thiophene rings is 1. The summed E-state index contributed by atoms with van der Waals surface area (Å²) in [4.78, 5) is 6.42. The number of rotatable bonds is 6.